The molecule has 7 heteroatoms. The number of aromatic amines is 1. The van der Waals surface area contributed by atoms with E-state index in [0.29, 0.717) is 17.9 Å². The van der Waals surface area contributed by atoms with Gasteiger partial charge in [0.05, 0.1) is 5.69 Å². The van der Waals surface area contributed by atoms with Crippen molar-refractivity contribution in [2.75, 3.05) is 26.2 Å². The van der Waals surface area contributed by atoms with Crippen LogP contribution in [0.3, 0.4) is 0 Å². The lowest BCUT2D eigenvalue weighted by molar-refractivity contribution is -0.513. The van der Waals surface area contributed by atoms with Crippen LogP contribution in [0.5, 0.6) is 0 Å². The van der Waals surface area contributed by atoms with Crippen LogP contribution in [0.25, 0.3) is 27.9 Å². The number of carbonyl (C=O) groups is 1. The highest BCUT2D eigenvalue weighted by Crippen LogP contribution is 2.30. The van der Waals surface area contributed by atoms with Crippen molar-refractivity contribution in [3.05, 3.63) is 78.3 Å². The number of halogens is 1. The second-order valence-corrected chi connectivity index (χ2v) is 8.52. The highest BCUT2D eigenvalue weighted by molar-refractivity contribution is 5.89. The van der Waals surface area contributed by atoms with E-state index in [1.165, 1.54) is 18.9 Å². The molecule has 5 rings (SSSR count). The van der Waals surface area contributed by atoms with E-state index in [1.807, 2.05) is 47.1 Å². The average molecular weight is 445 g/mol. The monoisotopic (exact) mass is 444 g/mol. The number of pyridine rings is 2. The molecule has 0 bridgehead atoms. The molecule has 33 heavy (non-hydrogen) atoms. The number of imidazole rings is 1. The zero-order valence-electron chi connectivity index (χ0n) is 18.6. The molecule has 3 aromatic heterocycles. The van der Waals surface area contributed by atoms with Gasteiger partial charge in [-0.2, -0.15) is 4.40 Å². The van der Waals surface area contributed by atoms with Crippen LogP contribution in [-0.2, 0) is 0 Å². The second kappa shape index (κ2) is 9.11. The van der Waals surface area contributed by atoms with Gasteiger partial charge in [0, 0.05) is 36.0 Å². The van der Waals surface area contributed by atoms with Crippen LogP contribution in [0.1, 0.15) is 29.0 Å². The zero-order valence-corrected chi connectivity index (χ0v) is 18.6. The van der Waals surface area contributed by atoms with Gasteiger partial charge in [0.15, 0.2) is 5.52 Å². The topological polar surface area (TPSA) is 65.1 Å². The molecule has 2 N–H and O–H groups in total. The van der Waals surface area contributed by atoms with E-state index in [2.05, 4.69) is 20.2 Å². The van der Waals surface area contributed by atoms with Crippen molar-refractivity contribution in [1.29, 1.82) is 0 Å². The molecule has 1 aliphatic rings. The Bertz CT molecular complexity index is 1310. The standard InChI is InChI=1S/C26H26FN5O/c1-18-15-19(7-9-23(18)27)24-22(5-4-10-28-24)20-6-8-21-16-30-25(32(21)17-20)26(33)29-11-14-31-12-2-3-13-31/h4-10,15-17H,2-3,11-14H2,1H3,(H,29,33)/p+1. The van der Waals surface area contributed by atoms with E-state index < -0.39 is 0 Å². The lowest BCUT2D eigenvalue weighted by atomic mass is 9.99. The zero-order chi connectivity index (χ0) is 22.8. The molecule has 1 saturated heterocycles. The van der Waals surface area contributed by atoms with Crippen molar-refractivity contribution in [2.45, 2.75) is 19.8 Å². The number of nitrogens with one attached hydrogen (secondary N) is 2. The normalized spacial score (nSPS) is 14.1. The number of H-pyrrole nitrogens is 1. The number of aromatic nitrogens is 3. The van der Waals surface area contributed by atoms with Crippen molar-refractivity contribution in [1.82, 2.24) is 20.2 Å². The molecule has 168 valence electrons. The first-order valence-electron chi connectivity index (χ1n) is 11.4. The maximum Gasteiger partial charge on any atom is 0.350 e. The van der Waals surface area contributed by atoms with Crippen LogP contribution in [0, 0.1) is 12.7 Å². The van der Waals surface area contributed by atoms with Crippen molar-refractivity contribution in [2.24, 2.45) is 0 Å². The predicted octanol–water partition coefficient (Wildman–Crippen LogP) is 3.76. The molecule has 1 aliphatic heterocycles. The highest BCUT2D eigenvalue weighted by atomic mass is 19.1. The van der Waals surface area contributed by atoms with Crippen LogP contribution in [0.4, 0.5) is 4.39 Å². The summed E-state index contributed by atoms with van der Waals surface area (Å²) in [6.07, 6.45) is 7.98. The van der Waals surface area contributed by atoms with Crippen LogP contribution in [0.2, 0.25) is 0 Å². The Hall–Kier alpha value is -3.58. The minimum atomic E-state index is -0.235. The fourth-order valence-electron chi connectivity index (χ4n) is 4.45. The fraction of sp³-hybridized carbons (Fsp3) is 0.269. The largest absolute Gasteiger partial charge is 0.350 e. The Kier molecular flexibility index (Phi) is 5.88. The molecule has 1 amide bonds. The number of nitrogens with zero attached hydrogens (tertiary/aromatic N) is 3. The third kappa shape index (κ3) is 4.36. The first-order valence-corrected chi connectivity index (χ1v) is 11.4. The summed E-state index contributed by atoms with van der Waals surface area (Å²) in [5, 5.41) is 3.03. The molecule has 0 spiro atoms. The third-order valence-corrected chi connectivity index (χ3v) is 6.26. The van der Waals surface area contributed by atoms with Gasteiger partial charge in [0.2, 0.25) is 0 Å². The summed E-state index contributed by atoms with van der Waals surface area (Å²) in [4.78, 5) is 22.9. The van der Waals surface area contributed by atoms with E-state index in [1.54, 1.807) is 19.2 Å². The molecular formula is C26H27FN5O+. The summed E-state index contributed by atoms with van der Waals surface area (Å²) in [5.41, 5.74) is 4.93. The Morgan fingerprint density at radius 3 is 2.82 bits per heavy atom. The number of carbonyl (C=O) groups excluding carboxylic acids is 1. The summed E-state index contributed by atoms with van der Waals surface area (Å²) in [6.45, 7) is 5.46. The van der Waals surface area contributed by atoms with Crippen LogP contribution in [-0.4, -0.2) is 47.0 Å². The Balaban J connectivity index is 1.44. The molecule has 0 unspecified atom stereocenters. The first kappa shape index (κ1) is 21.3. The number of benzene rings is 1. The van der Waals surface area contributed by atoms with Crippen LogP contribution >= 0.6 is 0 Å². The van der Waals surface area contributed by atoms with Gasteiger partial charge in [-0.15, -0.1) is 0 Å². The molecule has 4 aromatic rings. The molecule has 4 heterocycles. The average Bonchev–Trinajstić information content (AvgIpc) is 3.50. The number of likely N-dealkylation sites (tertiary alicyclic amines) is 1. The maximum atomic E-state index is 13.8. The lowest BCUT2D eigenvalue weighted by Crippen LogP contribution is -2.38. The summed E-state index contributed by atoms with van der Waals surface area (Å²) >= 11 is 0. The van der Waals surface area contributed by atoms with Crippen LogP contribution < -0.4 is 9.72 Å². The van der Waals surface area contributed by atoms with Gasteiger partial charge >= 0.3 is 11.7 Å². The van der Waals surface area contributed by atoms with Crippen LogP contribution in [0.15, 0.2) is 61.1 Å². The Morgan fingerprint density at radius 1 is 1.18 bits per heavy atom. The van der Waals surface area contributed by atoms with Gasteiger partial charge in [-0.1, -0.05) is 6.07 Å². The quantitative estimate of drug-likeness (QED) is 0.445. The smallest absolute Gasteiger partial charge is 0.344 e. The molecule has 0 saturated carbocycles. The summed E-state index contributed by atoms with van der Waals surface area (Å²) < 4.78 is 15.7. The molecule has 0 aliphatic carbocycles. The summed E-state index contributed by atoms with van der Waals surface area (Å²) in [7, 11) is 0. The number of hydrogen-bond acceptors (Lipinski definition) is 3. The fourth-order valence-corrected chi connectivity index (χ4v) is 4.45. The van der Waals surface area contributed by atoms with E-state index in [-0.39, 0.29) is 11.7 Å². The first-order chi connectivity index (χ1) is 16.1. The van der Waals surface area contributed by atoms with E-state index in [9.17, 15) is 9.18 Å². The van der Waals surface area contributed by atoms with Crippen molar-refractivity contribution >= 4 is 11.4 Å². The van der Waals surface area contributed by atoms with E-state index in [0.717, 1.165) is 47.5 Å². The van der Waals surface area contributed by atoms with Crippen molar-refractivity contribution in [3.63, 3.8) is 0 Å². The van der Waals surface area contributed by atoms with Crippen molar-refractivity contribution < 1.29 is 13.6 Å². The minimum absolute atomic E-state index is 0.132. The van der Waals surface area contributed by atoms with Gasteiger partial charge in [-0.25, -0.2) is 9.37 Å². The number of amides is 1. The van der Waals surface area contributed by atoms with Gasteiger partial charge in [-0.05, 0) is 74.8 Å². The molecule has 1 aromatic carbocycles. The number of hydrogen-bond donors (Lipinski definition) is 2. The SMILES string of the molecule is Cc1cc(-c2ncccc2-c2ccc3c[nH]c(C(=O)NCCN4CCCC4)[n+]3c2)ccc1F. The maximum absolute atomic E-state index is 13.8. The van der Waals surface area contributed by atoms with E-state index >= 15 is 0 Å². The molecule has 6 nitrogen and oxygen atoms in total. The number of rotatable bonds is 6. The Labute approximate surface area is 192 Å². The van der Waals surface area contributed by atoms with Gasteiger partial charge in [0.25, 0.3) is 0 Å². The molecule has 1 fully saturated rings. The minimum Gasteiger partial charge on any atom is -0.344 e. The molecule has 0 radical (unpaired) electrons. The van der Waals surface area contributed by atoms with Gasteiger partial charge in [0.1, 0.15) is 18.2 Å². The predicted molar refractivity (Wildman–Crippen MR) is 125 cm³/mol. The third-order valence-electron chi connectivity index (χ3n) is 6.26. The molecular weight excluding hydrogens is 417 g/mol. The second-order valence-electron chi connectivity index (χ2n) is 8.52. The summed E-state index contributed by atoms with van der Waals surface area (Å²) in [6, 6.07) is 12.9. The van der Waals surface area contributed by atoms with E-state index in [4.69, 9.17) is 0 Å². The molecule has 0 atom stereocenters. The van der Waals surface area contributed by atoms with Crippen molar-refractivity contribution in [3.8, 4) is 22.4 Å². The Morgan fingerprint density at radius 2 is 2.00 bits per heavy atom. The summed E-state index contributed by atoms with van der Waals surface area (Å²) in [5.74, 6) is 0.115. The lowest BCUT2D eigenvalue weighted by Gasteiger charge is -2.13. The highest BCUT2D eigenvalue weighted by Gasteiger charge is 2.22. The number of fused-ring (bicyclic) bond motifs is 1. The van der Waals surface area contributed by atoms with Gasteiger partial charge in [-0.3, -0.25) is 9.78 Å². The van der Waals surface area contributed by atoms with Gasteiger partial charge < -0.3 is 10.2 Å². The number of aryl methyl sites for hydroxylation is 1.